The summed E-state index contributed by atoms with van der Waals surface area (Å²) in [6, 6.07) is 9.89. The van der Waals surface area contributed by atoms with Gasteiger partial charge in [0.1, 0.15) is 6.10 Å². The van der Waals surface area contributed by atoms with Gasteiger partial charge in [0.25, 0.3) is 0 Å². The Morgan fingerprint density at radius 1 is 1.33 bits per heavy atom. The van der Waals surface area contributed by atoms with Crippen molar-refractivity contribution >= 4 is 6.09 Å². The number of nitrogens with two attached hydrogens (primary N) is 1. The third-order valence-corrected chi connectivity index (χ3v) is 2.36. The van der Waals surface area contributed by atoms with Gasteiger partial charge < -0.3 is 10.5 Å². The molecule has 3 heteroatoms. The van der Waals surface area contributed by atoms with Crippen LogP contribution in [0.1, 0.15) is 26.3 Å². The van der Waals surface area contributed by atoms with Gasteiger partial charge in [-0.25, -0.2) is 4.79 Å². The van der Waals surface area contributed by atoms with Gasteiger partial charge in [-0.05, 0) is 17.1 Å². The summed E-state index contributed by atoms with van der Waals surface area (Å²) in [4.78, 5) is 10.9. The molecule has 1 rings (SSSR count). The zero-order chi connectivity index (χ0) is 13.6. The second-order valence-corrected chi connectivity index (χ2v) is 5.39. The van der Waals surface area contributed by atoms with Crippen molar-refractivity contribution in [1.29, 1.82) is 0 Å². The molecule has 1 atom stereocenters. The molecule has 1 aromatic carbocycles. The lowest BCUT2D eigenvalue weighted by atomic mass is 9.95. The Bertz CT molecular complexity index is 404. The molecule has 0 aliphatic heterocycles. The number of rotatable bonds is 4. The Kier molecular flexibility index (Phi) is 4.95. The summed E-state index contributed by atoms with van der Waals surface area (Å²) in [6.45, 7) is 6.27. The first-order valence-corrected chi connectivity index (χ1v) is 6.06. The fraction of sp³-hybridized carbons (Fsp3) is 0.400. The molecule has 0 saturated heterocycles. The highest BCUT2D eigenvalue weighted by molar-refractivity contribution is 5.65. The summed E-state index contributed by atoms with van der Waals surface area (Å²) in [5.41, 5.74) is 6.26. The van der Waals surface area contributed by atoms with Gasteiger partial charge >= 0.3 is 6.09 Å². The summed E-state index contributed by atoms with van der Waals surface area (Å²) in [5.74, 6) is 0. The van der Waals surface area contributed by atoms with E-state index < -0.39 is 6.09 Å². The van der Waals surface area contributed by atoms with Crippen molar-refractivity contribution in [1.82, 2.24) is 0 Å². The van der Waals surface area contributed by atoms with Gasteiger partial charge in [0.15, 0.2) is 0 Å². The topological polar surface area (TPSA) is 52.3 Å². The predicted octanol–water partition coefficient (Wildman–Crippen LogP) is 3.30. The smallest absolute Gasteiger partial charge is 0.405 e. The van der Waals surface area contributed by atoms with Gasteiger partial charge in [-0.3, -0.25) is 0 Å². The first-order valence-electron chi connectivity index (χ1n) is 6.06. The number of benzene rings is 1. The van der Waals surface area contributed by atoms with E-state index in [2.05, 4.69) is 20.8 Å². The summed E-state index contributed by atoms with van der Waals surface area (Å²) in [6.07, 6.45) is 3.51. The Morgan fingerprint density at radius 2 is 1.94 bits per heavy atom. The van der Waals surface area contributed by atoms with Crippen LogP contribution in [0.3, 0.4) is 0 Å². The van der Waals surface area contributed by atoms with Crippen LogP contribution >= 0.6 is 0 Å². The molecule has 1 aromatic rings. The van der Waals surface area contributed by atoms with Gasteiger partial charge in [0.2, 0.25) is 0 Å². The third-order valence-electron chi connectivity index (χ3n) is 2.36. The summed E-state index contributed by atoms with van der Waals surface area (Å²) < 4.78 is 5.10. The van der Waals surface area contributed by atoms with E-state index in [0.29, 0.717) is 6.42 Å². The van der Waals surface area contributed by atoms with Gasteiger partial charge in [-0.15, -0.1) is 0 Å². The van der Waals surface area contributed by atoms with E-state index in [1.165, 1.54) is 0 Å². The van der Waals surface area contributed by atoms with E-state index in [9.17, 15) is 4.79 Å². The minimum absolute atomic E-state index is 0.0515. The van der Waals surface area contributed by atoms with Crippen LogP contribution in [-0.4, -0.2) is 12.2 Å². The molecule has 2 N–H and O–H groups in total. The van der Waals surface area contributed by atoms with Crippen molar-refractivity contribution in [2.24, 2.45) is 11.1 Å². The van der Waals surface area contributed by atoms with E-state index in [1.54, 1.807) is 0 Å². The Hall–Kier alpha value is -1.77. The van der Waals surface area contributed by atoms with Crippen molar-refractivity contribution in [3.05, 3.63) is 48.0 Å². The molecule has 0 heterocycles. The molecule has 1 amide bonds. The first-order chi connectivity index (χ1) is 8.37. The molecule has 3 nitrogen and oxygen atoms in total. The van der Waals surface area contributed by atoms with Crippen LogP contribution in [0.2, 0.25) is 0 Å². The van der Waals surface area contributed by atoms with Crippen LogP contribution < -0.4 is 5.73 Å². The number of hydrogen-bond donors (Lipinski definition) is 1. The second kappa shape index (κ2) is 6.24. The largest absolute Gasteiger partial charge is 0.442 e. The van der Waals surface area contributed by atoms with Crippen molar-refractivity contribution < 1.29 is 9.53 Å². The lowest BCUT2D eigenvalue weighted by Crippen LogP contribution is -2.23. The van der Waals surface area contributed by atoms with Crippen molar-refractivity contribution in [3.63, 3.8) is 0 Å². The zero-order valence-corrected chi connectivity index (χ0v) is 11.2. The molecular weight excluding hydrogens is 226 g/mol. The highest BCUT2D eigenvalue weighted by Crippen LogP contribution is 2.16. The minimum atomic E-state index is -0.741. The third kappa shape index (κ3) is 6.09. The normalized spacial score (nSPS) is 13.5. The summed E-state index contributed by atoms with van der Waals surface area (Å²) in [7, 11) is 0. The van der Waals surface area contributed by atoms with E-state index in [-0.39, 0.29) is 11.5 Å². The van der Waals surface area contributed by atoms with Crippen LogP contribution in [0.4, 0.5) is 4.79 Å². The Labute approximate surface area is 109 Å². The molecule has 0 radical (unpaired) electrons. The first kappa shape index (κ1) is 14.3. The maximum Gasteiger partial charge on any atom is 0.405 e. The fourth-order valence-electron chi connectivity index (χ4n) is 1.54. The van der Waals surface area contributed by atoms with E-state index in [1.807, 2.05) is 42.5 Å². The highest BCUT2D eigenvalue weighted by Gasteiger charge is 2.12. The van der Waals surface area contributed by atoms with E-state index >= 15 is 0 Å². The number of primary amides is 1. The number of hydrogen-bond acceptors (Lipinski definition) is 2. The van der Waals surface area contributed by atoms with Gasteiger partial charge in [0, 0.05) is 6.42 Å². The van der Waals surface area contributed by atoms with Gasteiger partial charge in [0.05, 0.1) is 0 Å². The molecule has 0 fully saturated rings. The fourth-order valence-corrected chi connectivity index (χ4v) is 1.54. The maximum atomic E-state index is 10.9. The van der Waals surface area contributed by atoms with Crippen LogP contribution in [0, 0.1) is 5.41 Å². The lowest BCUT2D eigenvalue weighted by molar-refractivity contribution is 0.129. The average molecular weight is 247 g/mol. The van der Waals surface area contributed by atoms with Gasteiger partial charge in [-0.1, -0.05) is 57.2 Å². The summed E-state index contributed by atoms with van der Waals surface area (Å²) >= 11 is 0. The predicted molar refractivity (Wildman–Crippen MR) is 73.2 cm³/mol. The number of allylic oxidation sites excluding steroid dienone is 1. The molecule has 0 aromatic heterocycles. The van der Waals surface area contributed by atoms with Crippen LogP contribution in [0.25, 0.3) is 0 Å². The monoisotopic (exact) mass is 247 g/mol. The molecule has 0 aliphatic rings. The standard InChI is InChI=1S/C15H21NO2/c1-15(2,3)10-9-13(18-14(16)17)11-12-7-5-4-6-8-12/h4-10,13H,11H2,1-3H3,(H2,16,17). The average Bonchev–Trinajstić information content (AvgIpc) is 2.25. The quantitative estimate of drug-likeness (QED) is 0.830. The Balaban J connectivity index is 2.73. The van der Waals surface area contributed by atoms with E-state index in [4.69, 9.17) is 10.5 Å². The number of carbonyl (C=O) groups excluding carboxylic acids is 1. The maximum absolute atomic E-state index is 10.9. The van der Waals surface area contributed by atoms with Crippen molar-refractivity contribution in [2.75, 3.05) is 0 Å². The SMILES string of the molecule is CC(C)(C)C=CC(Cc1ccccc1)OC(N)=O. The molecule has 98 valence electrons. The highest BCUT2D eigenvalue weighted by atomic mass is 16.6. The number of amides is 1. The van der Waals surface area contributed by atoms with Crippen molar-refractivity contribution in [3.8, 4) is 0 Å². The molecule has 18 heavy (non-hydrogen) atoms. The summed E-state index contributed by atoms with van der Waals surface area (Å²) in [5, 5.41) is 0. The Morgan fingerprint density at radius 3 is 2.44 bits per heavy atom. The number of ether oxygens (including phenoxy) is 1. The molecule has 0 bridgehead atoms. The zero-order valence-electron chi connectivity index (χ0n) is 11.2. The molecule has 0 spiro atoms. The van der Waals surface area contributed by atoms with Crippen LogP contribution in [0.15, 0.2) is 42.5 Å². The molecule has 0 saturated carbocycles. The number of carbonyl (C=O) groups is 1. The lowest BCUT2D eigenvalue weighted by Gasteiger charge is -2.16. The van der Waals surface area contributed by atoms with Crippen LogP contribution in [0.5, 0.6) is 0 Å². The molecule has 0 aliphatic carbocycles. The minimum Gasteiger partial charge on any atom is -0.442 e. The molecule has 1 unspecified atom stereocenters. The molecular formula is C15H21NO2. The van der Waals surface area contributed by atoms with Gasteiger partial charge in [-0.2, -0.15) is 0 Å². The van der Waals surface area contributed by atoms with Crippen molar-refractivity contribution in [2.45, 2.75) is 33.3 Å². The second-order valence-electron chi connectivity index (χ2n) is 5.39. The van der Waals surface area contributed by atoms with Crippen LogP contribution in [-0.2, 0) is 11.2 Å². The van der Waals surface area contributed by atoms with E-state index in [0.717, 1.165) is 5.56 Å².